The van der Waals surface area contributed by atoms with Crippen molar-refractivity contribution < 1.29 is 4.79 Å². The van der Waals surface area contributed by atoms with Gasteiger partial charge in [-0.2, -0.15) is 0 Å². The maximum atomic E-state index is 11.3. The molecule has 0 bridgehead atoms. The van der Waals surface area contributed by atoms with E-state index < -0.39 is 0 Å². The Morgan fingerprint density at radius 2 is 2.25 bits per heavy atom. The average molecular weight is 279 g/mol. The number of carbonyl (C=O) groups is 1. The van der Waals surface area contributed by atoms with Crippen LogP contribution in [0.3, 0.4) is 0 Å². The molecule has 0 spiro atoms. The SMILES string of the molecule is CC(=O)c1ccc2c(Br)nc(C3CC3)n2c1. The Hall–Kier alpha value is -1.16. The van der Waals surface area contributed by atoms with Crippen LogP contribution in [-0.2, 0) is 0 Å². The van der Waals surface area contributed by atoms with Gasteiger partial charge in [-0.05, 0) is 47.8 Å². The van der Waals surface area contributed by atoms with Gasteiger partial charge in [0, 0.05) is 17.7 Å². The van der Waals surface area contributed by atoms with Crippen LogP contribution >= 0.6 is 15.9 Å². The largest absolute Gasteiger partial charge is 0.302 e. The van der Waals surface area contributed by atoms with Gasteiger partial charge >= 0.3 is 0 Å². The molecule has 0 N–H and O–H groups in total. The zero-order valence-corrected chi connectivity index (χ0v) is 10.5. The number of ketones is 1. The van der Waals surface area contributed by atoms with Crippen molar-refractivity contribution >= 4 is 27.2 Å². The molecule has 2 heterocycles. The second-order valence-corrected chi connectivity index (χ2v) is 5.02. The molecule has 0 unspecified atom stereocenters. The third-order valence-corrected chi connectivity index (χ3v) is 3.55. The summed E-state index contributed by atoms with van der Waals surface area (Å²) < 4.78 is 2.91. The van der Waals surface area contributed by atoms with Crippen LogP contribution in [0.5, 0.6) is 0 Å². The molecule has 16 heavy (non-hydrogen) atoms. The van der Waals surface area contributed by atoms with Gasteiger partial charge in [-0.3, -0.25) is 4.79 Å². The summed E-state index contributed by atoms with van der Waals surface area (Å²) in [6.07, 6.45) is 4.30. The number of carbonyl (C=O) groups excluding carboxylic acids is 1. The van der Waals surface area contributed by atoms with Crippen molar-refractivity contribution in [1.82, 2.24) is 9.38 Å². The molecule has 0 aromatic carbocycles. The number of hydrogen-bond donors (Lipinski definition) is 0. The molecule has 0 saturated heterocycles. The Morgan fingerprint density at radius 3 is 2.88 bits per heavy atom. The van der Waals surface area contributed by atoms with Gasteiger partial charge in [-0.25, -0.2) is 4.98 Å². The van der Waals surface area contributed by atoms with E-state index in [1.54, 1.807) is 6.92 Å². The normalized spacial score (nSPS) is 15.6. The highest BCUT2D eigenvalue weighted by molar-refractivity contribution is 9.10. The van der Waals surface area contributed by atoms with Gasteiger partial charge in [-0.15, -0.1) is 0 Å². The molecular formula is C12H11BrN2O. The highest BCUT2D eigenvalue weighted by atomic mass is 79.9. The first-order valence-electron chi connectivity index (χ1n) is 5.35. The number of rotatable bonds is 2. The van der Waals surface area contributed by atoms with Crippen molar-refractivity contribution in [3.05, 3.63) is 34.3 Å². The standard InChI is InChI=1S/C12H11BrN2O/c1-7(16)9-4-5-10-11(13)14-12(8-2-3-8)15(10)6-9/h4-6,8H,2-3H2,1H3. The van der Waals surface area contributed by atoms with E-state index in [4.69, 9.17) is 0 Å². The molecule has 0 aliphatic heterocycles. The van der Waals surface area contributed by atoms with E-state index in [-0.39, 0.29) is 5.78 Å². The van der Waals surface area contributed by atoms with E-state index in [1.165, 1.54) is 12.8 Å². The van der Waals surface area contributed by atoms with Crippen molar-refractivity contribution in [2.45, 2.75) is 25.7 Å². The molecule has 3 rings (SSSR count). The minimum absolute atomic E-state index is 0.0912. The topological polar surface area (TPSA) is 34.4 Å². The molecular weight excluding hydrogens is 268 g/mol. The summed E-state index contributed by atoms with van der Waals surface area (Å²) >= 11 is 3.46. The van der Waals surface area contributed by atoms with Gasteiger partial charge in [-0.1, -0.05) is 0 Å². The Bertz CT molecular complexity index is 584. The van der Waals surface area contributed by atoms with E-state index in [1.807, 2.05) is 22.7 Å². The first kappa shape index (κ1) is 10.0. The summed E-state index contributed by atoms with van der Waals surface area (Å²) in [5, 5.41) is 0. The van der Waals surface area contributed by atoms with E-state index in [0.29, 0.717) is 5.92 Å². The number of imidazole rings is 1. The van der Waals surface area contributed by atoms with Gasteiger partial charge in [0.2, 0.25) is 0 Å². The Labute approximate surface area is 102 Å². The molecule has 3 nitrogen and oxygen atoms in total. The quantitative estimate of drug-likeness (QED) is 0.791. The highest BCUT2D eigenvalue weighted by Gasteiger charge is 2.29. The van der Waals surface area contributed by atoms with Crippen LogP contribution in [0.15, 0.2) is 22.9 Å². The van der Waals surface area contributed by atoms with Gasteiger partial charge < -0.3 is 4.40 Å². The van der Waals surface area contributed by atoms with E-state index in [9.17, 15) is 4.79 Å². The van der Waals surface area contributed by atoms with E-state index in [0.717, 1.165) is 21.5 Å². The smallest absolute Gasteiger partial charge is 0.161 e. The average Bonchev–Trinajstić information content (AvgIpc) is 3.04. The van der Waals surface area contributed by atoms with Crippen molar-refractivity contribution in [3.8, 4) is 0 Å². The van der Waals surface area contributed by atoms with Crippen LogP contribution in [-0.4, -0.2) is 15.2 Å². The summed E-state index contributed by atoms with van der Waals surface area (Å²) in [5.74, 6) is 1.74. The molecule has 2 aromatic rings. The number of pyridine rings is 1. The molecule has 0 amide bonds. The monoisotopic (exact) mass is 278 g/mol. The summed E-state index contributed by atoms with van der Waals surface area (Å²) in [4.78, 5) is 15.9. The fourth-order valence-corrected chi connectivity index (χ4v) is 2.41. The lowest BCUT2D eigenvalue weighted by Gasteiger charge is -2.01. The first-order valence-corrected chi connectivity index (χ1v) is 6.14. The predicted molar refractivity (Wildman–Crippen MR) is 64.9 cm³/mol. The maximum Gasteiger partial charge on any atom is 0.161 e. The molecule has 1 saturated carbocycles. The summed E-state index contributed by atoms with van der Waals surface area (Å²) in [6.45, 7) is 1.59. The number of nitrogens with zero attached hydrogens (tertiary/aromatic N) is 2. The fourth-order valence-electron chi connectivity index (χ4n) is 1.91. The zero-order valence-electron chi connectivity index (χ0n) is 8.90. The number of aromatic nitrogens is 2. The fraction of sp³-hybridized carbons (Fsp3) is 0.333. The van der Waals surface area contributed by atoms with Gasteiger partial charge in [0.1, 0.15) is 10.4 Å². The Morgan fingerprint density at radius 1 is 1.50 bits per heavy atom. The summed E-state index contributed by atoms with van der Waals surface area (Å²) in [7, 11) is 0. The molecule has 4 heteroatoms. The van der Waals surface area contributed by atoms with E-state index in [2.05, 4.69) is 20.9 Å². The second kappa shape index (κ2) is 3.42. The lowest BCUT2D eigenvalue weighted by molar-refractivity contribution is 0.101. The van der Waals surface area contributed by atoms with Gasteiger partial charge in [0.15, 0.2) is 5.78 Å². The van der Waals surface area contributed by atoms with Crippen LogP contribution < -0.4 is 0 Å². The zero-order chi connectivity index (χ0) is 11.3. The Balaban J connectivity index is 2.26. The minimum Gasteiger partial charge on any atom is -0.302 e. The van der Waals surface area contributed by atoms with Crippen molar-refractivity contribution in [2.75, 3.05) is 0 Å². The van der Waals surface area contributed by atoms with Crippen LogP contribution in [0.25, 0.3) is 5.52 Å². The number of fused-ring (bicyclic) bond motifs is 1. The van der Waals surface area contributed by atoms with E-state index >= 15 is 0 Å². The predicted octanol–water partition coefficient (Wildman–Crippen LogP) is 3.18. The van der Waals surface area contributed by atoms with Crippen molar-refractivity contribution in [1.29, 1.82) is 0 Å². The lowest BCUT2D eigenvalue weighted by atomic mass is 10.2. The first-order chi connectivity index (χ1) is 7.66. The molecule has 1 aliphatic carbocycles. The minimum atomic E-state index is 0.0912. The van der Waals surface area contributed by atoms with Crippen LogP contribution in [0, 0.1) is 0 Å². The lowest BCUT2D eigenvalue weighted by Crippen LogP contribution is -1.98. The molecule has 2 aromatic heterocycles. The molecule has 0 atom stereocenters. The Kier molecular flexibility index (Phi) is 2.14. The number of halogens is 1. The van der Waals surface area contributed by atoms with Crippen molar-refractivity contribution in [2.24, 2.45) is 0 Å². The summed E-state index contributed by atoms with van der Waals surface area (Å²) in [5.41, 5.74) is 1.77. The molecule has 1 fully saturated rings. The molecule has 1 aliphatic rings. The van der Waals surface area contributed by atoms with Crippen LogP contribution in [0.2, 0.25) is 0 Å². The van der Waals surface area contributed by atoms with Crippen LogP contribution in [0.4, 0.5) is 0 Å². The third-order valence-electron chi connectivity index (χ3n) is 2.97. The number of Topliss-reactive ketones (excluding diaryl/α,β-unsaturated/α-hetero) is 1. The van der Waals surface area contributed by atoms with Gasteiger partial charge in [0.05, 0.1) is 5.52 Å². The number of hydrogen-bond acceptors (Lipinski definition) is 2. The van der Waals surface area contributed by atoms with Crippen molar-refractivity contribution in [3.63, 3.8) is 0 Å². The summed E-state index contributed by atoms with van der Waals surface area (Å²) in [6, 6.07) is 3.79. The second-order valence-electron chi connectivity index (χ2n) is 4.26. The van der Waals surface area contributed by atoms with Crippen LogP contribution in [0.1, 0.15) is 41.9 Å². The highest BCUT2D eigenvalue weighted by Crippen LogP contribution is 2.40. The molecule has 82 valence electrons. The molecule has 0 radical (unpaired) electrons. The third kappa shape index (κ3) is 1.48. The maximum absolute atomic E-state index is 11.3. The van der Waals surface area contributed by atoms with Gasteiger partial charge in [0.25, 0.3) is 0 Å².